The zero-order chi connectivity index (χ0) is 25.1. The summed E-state index contributed by atoms with van der Waals surface area (Å²) in [6.45, 7) is 4.48. The molecule has 188 valence electrons. The second kappa shape index (κ2) is 9.98. The minimum absolute atomic E-state index is 0.127. The standard InChI is InChI=1S/C26H29N5O5/c1-18-21(22(29-36-18)19-6-3-2-4-7-19)23(32)28-26(9-11-27-12-10-26)25(34)31-15-13-30(14-16-31)24(33)20-8-5-17-35-20/h2-8,17,27H,9-16H2,1H3,(H,28,32). The maximum Gasteiger partial charge on any atom is 0.289 e. The van der Waals surface area contributed by atoms with E-state index < -0.39 is 5.54 Å². The molecule has 3 amide bonds. The third kappa shape index (κ3) is 4.51. The quantitative estimate of drug-likeness (QED) is 0.561. The third-order valence-corrected chi connectivity index (χ3v) is 6.94. The highest BCUT2D eigenvalue weighted by atomic mass is 16.5. The monoisotopic (exact) mass is 491 g/mol. The number of amides is 3. The van der Waals surface area contributed by atoms with Crippen molar-refractivity contribution in [2.24, 2.45) is 0 Å². The van der Waals surface area contributed by atoms with Crippen LogP contribution in [0.4, 0.5) is 0 Å². The summed E-state index contributed by atoms with van der Waals surface area (Å²) in [5.41, 5.74) is 0.503. The van der Waals surface area contributed by atoms with E-state index >= 15 is 0 Å². The molecule has 0 spiro atoms. The van der Waals surface area contributed by atoms with Crippen LogP contribution in [0.2, 0.25) is 0 Å². The summed E-state index contributed by atoms with van der Waals surface area (Å²) < 4.78 is 10.6. The van der Waals surface area contributed by atoms with Crippen molar-refractivity contribution < 1.29 is 23.3 Å². The number of furan rings is 1. The fraction of sp³-hybridized carbons (Fsp3) is 0.385. The molecule has 2 fully saturated rings. The number of rotatable bonds is 5. The van der Waals surface area contributed by atoms with E-state index in [0.29, 0.717) is 69.1 Å². The number of aryl methyl sites for hydroxylation is 1. The second-order valence-corrected chi connectivity index (χ2v) is 9.18. The Morgan fingerprint density at radius 2 is 1.67 bits per heavy atom. The average molecular weight is 492 g/mol. The summed E-state index contributed by atoms with van der Waals surface area (Å²) in [5, 5.41) is 10.5. The van der Waals surface area contributed by atoms with Gasteiger partial charge in [-0.15, -0.1) is 0 Å². The first-order chi connectivity index (χ1) is 17.5. The maximum absolute atomic E-state index is 13.8. The summed E-state index contributed by atoms with van der Waals surface area (Å²) in [5.74, 6) is -0.0104. The molecule has 0 bridgehead atoms. The average Bonchev–Trinajstić information content (AvgIpc) is 3.59. The lowest BCUT2D eigenvalue weighted by molar-refractivity contribution is -0.140. The normalized spacial score (nSPS) is 17.6. The largest absolute Gasteiger partial charge is 0.459 e. The van der Waals surface area contributed by atoms with E-state index in [0.717, 1.165) is 5.56 Å². The molecule has 10 heteroatoms. The van der Waals surface area contributed by atoms with Crippen molar-refractivity contribution in [1.82, 2.24) is 25.6 Å². The number of carbonyl (C=O) groups is 3. The summed E-state index contributed by atoms with van der Waals surface area (Å²) in [6, 6.07) is 12.7. The van der Waals surface area contributed by atoms with Crippen LogP contribution in [-0.4, -0.2) is 77.5 Å². The Labute approximate surface area is 208 Å². The number of piperidine rings is 1. The molecule has 4 heterocycles. The van der Waals surface area contributed by atoms with E-state index in [9.17, 15) is 14.4 Å². The SMILES string of the molecule is Cc1onc(-c2ccccc2)c1C(=O)NC1(C(=O)N2CCN(C(=O)c3ccco3)CC2)CCNCC1. The number of nitrogens with one attached hydrogen (secondary N) is 2. The molecular weight excluding hydrogens is 462 g/mol. The molecule has 2 aliphatic heterocycles. The van der Waals surface area contributed by atoms with Gasteiger partial charge >= 0.3 is 0 Å². The number of aromatic nitrogens is 1. The van der Waals surface area contributed by atoms with Gasteiger partial charge in [-0.3, -0.25) is 14.4 Å². The lowest BCUT2D eigenvalue weighted by atomic mass is 9.85. The van der Waals surface area contributed by atoms with E-state index in [1.165, 1.54) is 6.26 Å². The first-order valence-electron chi connectivity index (χ1n) is 12.2. The van der Waals surface area contributed by atoms with Gasteiger partial charge in [0.15, 0.2) is 5.76 Å². The molecule has 0 atom stereocenters. The minimum atomic E-state index is -1.05. The van der Waals surface area contributed by atoms with Gasteiger partial charge in [-0.05, 0) is 45.0 Å². The molecule has 2 saturated heterocycles. The molecule has 0 radical (unpaired) electrons. The molecule has 0 unspecified atom stereocenters. The van der Waals surface area contributed by atoms with Crippen molar-refractivity contribution in [2.45, 2.75) is 25.3 Å². The molecule has 0 saturated carbocycles. The van der Waals surface area contributed by atoms with Crippen LogP contribution in [0.15, 0.2) is 57.7 Å². The molecule has 0 aliphatic carbocycles. The molecular formula is C26H29N5O5. The predicted octanol–water partition coefficient (Wildman–Crippen LogP) is 2.08. The van der Waals surface area contributed by atoms with Gasteiger partial charge in [0.1, 0.15) is 22.6 Å². The molecule has 2 aliphatic rings. The first-order valence-corrected chi connectivity index (χ1v) is 12.2. The van der Waals surface area contributed by atoms with Gasteiger partial charge in [0.05, 0.1) is 6.26 Å². The van der Waals surface area contributed by atoms with Crippen LogP contribution >= 0.6 is 0 Å². The van der Waals surface area contributed by atoms with Crippen molar-refractivity contribution in [3.8, 4) is 11.3 Å². The van der Waals surface area contributed by atoms with Crippen molar-refractivity contribution in [3.63, 3.8) is 0 Å². The summed E-state index contributed by atoms with van der Waals surface area (Å²) in [4.78, 5) is 43.5. The summed E-state index contributed by atoms with van der Waals surface area (Å²) in [7, 11) is 0. The van der Waals surface area contributed by atoms with Crippen LogP contribution in [0.5, 0.6) is 0 Å². The Hall–Kier alpha value is -3.92. The van der Waals surface area contributed by atoms with Gasteiger partial charge in [0.2, 0.25) is 5.91 Å². The molecule has 2 aromatic heterocycles. The van der Waals surface area contributed by atoms with E-state index in [1.54, 1.807) is 28.9 Å². The van der Waals surface area contributed by atoms with E-state index in [1.807, 2.05) is 30.3 Å². The van der Waals surface area contributed by atoms with Gasteiger partial charge < -0.3 is 29.4 Å². The highest BCUT2D eigenvalue weighted by molar-refractivity contribution is 6.04. The van der Waals surface area contributed by atoms with Gasteiger partial charge in [-0.1, -0.05) is 35.5 Å². The molecule has 2 N–H and O–H groups in total. The lowest BCUT2D eigenvalue weighted by Crippen LogP contribution is -2.65. The van der Waals surface area contributed by atoms with Crippen LogP contribution in [0, 0.1) is 6.92 Å². The second-order valence-electron chi connectivity index (χ2n) is 9.18. The van der Waals surface area contributed by atoms with Crippen molar-refractivity contribution >= 4 is 17.7 Å². The third-order valence-electron chi connectivity index (χ3n) is 6.94. The number of benzene rings is 1. The van der Waals surface area contributed by atoms with E-state index in [4.69, 9.17) is 8.94 Å². The van der Waals surface area contributed by atoms with Crippen LogP contribution in [-0.2, 0) is 4.79 Å². The predicted molar refractivity (Wildman–Crippen MR) is 130 cm³/mol. The van der Waals surface area contributed by atoms with E-state index in [-0.39, 0.29) is 23.5 Å². The smallest absolute Gasteiger partial charge is 0.289 e. The molecule has 5 rings (SSSR count). The number of carbonyl (C=O) groups excluding carboxylic acids is 3. The first kappa shape index (κ1) is 23.8. The van der Waals surface area contributed by atoms with Crippen molar-refractivity contribution in [3.05, 3.63) is 65.8 Å². The minimum Gasteiger partial charge on any atom is -0.459 e. The van der Waals surface area contributed by atoms with Gasteiger partial charge in [-0.2, -0.15) is 0 Å². The van der Waals surface area contributed by atoms with Gasteiger partial charge in [-0.25, -0.2) is 0 Å². The number of nitrogens with zero attached hydrogens (tertiary/aromatic N) is 3. The Bertz CT molecular complexity index is 1220. The van der Waals surface area contributed by atoms with Gasteiger partial charge in [0.25, 0.3) is 11.8 Å². The Morgan fingerprint density at radius 1 is 0.972 bits per heavy atom. The summed E-state index contributed by atoms with van der Waals surface area (Å²) in [6.07, 6.45) is 2.40. The van der Waals surface area contributed by atoms with Crippen LogP contribution in [0.3, 0.4) is 0 Å². The van der Waals surface area contributed by atoms with Crippen molar-refractivity contribution in [1.29, 1.82) is 0 Å². The fourth-order valence-corrected chi connectivity index (χ4v) is 4.93. The number of piperazine rings is 1. The van der Waals surface area contributed by atoms with Crippen LogP contribution in [0.25, 0.3) is 11.3 Å². The molecule has 36 heavy (non-hydrogen) atoms. The van der Waals surface area contributed by atoms with Crippen LogP contribution < -0.4 is 10.6 Å². The Kier molecular flexibility index (Phi) is 6.60. The Morgan fingerprint density at radius 3 is 2.33 bits per heavy atom. The van der Waals surface area contributed by atoms with Crippen LogP contribution in [0.1, 0.15) is 39.5 Å². The maximum atomic E-state index is 13.8. The summed E-state index contributed by atoms with van der Waals surface area (Å²) >= 11 is 0. The topological polar surface area (TPSA) is 121 Å². The fourth-order valence-electron chi connectivity index (χ4n) is 4.93. The zero-order valence-corrected chi connectivity index (χ0v) is 20.2. The lowest BCUT2D eigenvalue weighted by Gasteiger charge is -2.43. The number of hydrogen-bond acceptors (Lipinski definition) is 7. The van der Waals surface area contributed by atoms with Gasteiger partial charge in [0, 0.05) is 31.7 Å². The zero-order valence-electron chi connectivity index (χ0n) is 20.2. The number of hydrogen-bond donors (Lipinski definition) is 2. The molecule has 3 aromatic rings. The Balaban J connectivity index is 1.33. The highest BCUT2D eigenvalue weighted by Crippen LogP contribution is 2.28. The molecule has 1 aromatic carbocycles. The highest BCUT2D eigenvalue weighted by Gasteiger charge is 2.45. The van der Waals surface area contributed by atoms with Crippen molar-refractivity contribution in [2.75, 3.05) is 39.3 Å². The molecule has 10 nitrogen and oxygen atoms in total. The van der Waals surface area contributed by atoms with E-state index in [2.05, 4.69) is 15.8 Å².